The van der Waals surface area contributed by atoms with Crippen molar-refractivity contribution in [2.45, 2.75) is 31.2 Å². The number of carbonyl (C=O) groups is 2. The molecule has 3 rings (SSSR count). The summed E-state index contributed by atoms with van der Waals surface area (Å²) >= 11 is 1.55. The molecule has 1 aliphatic heterocycles. The van der Waals surface area contributed by atoms with Gasteiger partial charge in [0.15, 0.2) is 6.61 Å². The lowest BCUT2D eigenvalue weighted by Crippen LogP contribution is -2.37. The molecular formula is C21H26N2O5S2. The standard InChI is InChI=1S/C21H26N2O5S2/c1-16-9-11-23(12-10-16)30(26,27)19-7-5-17(6-8-19)21(25)28-15-20(24)22(2)14-18-4-3-13-29-18/h3-8,13,16H,9-12,14-15H2,1-2H3. The number of amides is 1. The van der Waals surface area contributed by atoms with Crippen LogP contribution in [0, 0.1) is 5.92 Å². The highest BCUT2D eigenvalue weighted by molar-refractivity contribution is 7.89. The zero-order chi connectivity index (χ0) is 21.7. The first-order chi connectivity index (χ1) is 14.3. The number of likely N-dealkylation sites (N-methyl/N-ethyl adjacent to an activating group) is 1. The number of piperidine rings is 1. The first-order valence-electron chi connectivity index (χ1n) is 9.81. The Hall–Kier alpha value is -2.23. The van der Waals surface area contributed by atoms with E-state index in [4.69, 9.17) is 4.74 Å². The first-order valence-corrected chi connectivity index (χ1v) is 12.1. The minimum atomic E-state index is -3.57. The summed E-state index contributed by atoms with van der Waals surface area (Å²) in [7, 11) is -1.92. The van der Waals surface area contributed by atoms with E-state index in [9.17, 15) is 18.0 Å². The van der Waals surface area contributed by atoms with Crippen LogP contribution in [0.15, 0.2) is 46.7 Å². The minimum Gasteiger partial charge on any atom is -0.452 e. The summed E-state index contributed by atoms with van der Waals surface area (Å²) in [6.45, 7) is 3.22. The highest BCUT2D eigenvalue weighted by Crippen LogP contribution is 2.23. The van der Waals surface area contributed by atoms with Gasteiger partial charge in [0, 0.05) is 25.0 Å². The third-order valence-corrected chi connectivity index (χ3v) is 7.97. The average molecular weight is 451 g/mol. The SMILES string of the molecule is CC1CCN(S(=O)(=O)c2ccc(C(=O)OCC(=O)N(C)Cc3cccs3)cc2)CC1. The maximum atomic E-state index is 12.8. The fraction of sp³-hybridized carbons (Fsp3) is 0.429. The van der Waals surface area contributed by atoms with E-state index in [2.05, 4.69) is 6.92 Å². The molecule has 0 saturated carbocycles. The van der Waals surface area contributed by atoms with Crippen molar-refractivity contribution >= 4 is 33.2 Å². The number of carbonyl (C=O) groups excluding carboxylic acids is 2. The quantitative estimate of drug-likeness (QED) is 0.606. The van der Waals surface area contributed by atoms with E-state index in [1.54, 1.807) is 18.4 Å². The molecule has 0 spiro atoms. The molecular weight excluding hydrogens is 424 g/mol. The zero-order valence-electron chi connectivity index (χ0n) is 17.1. The van der Waals surface area contributed by atoms with Crippen molar-refractivity contribution in [3.05, 3.63) is 52.2 Å². The molecule has 0 radical (unpaired) electrons. The van der Waals surface area contributed by atoms with Gasteiger partial charge in [-0.1, -0.05) is 13.0 Å². The Morgan fingerprint density at radius 3 is 2.43 bits per heavy atom. The van der Waals surface area contributed by atoms with Crippen LogP contribution < -0.4 is 0 Å². The second-order valence-electron chi connectivity index (χ2n) is 7.52. The molecule has 1 aliphatic rings. The monoisotopic (exact) mass is 450 g/mol. The van der Waals surface area contributed by atoms with Gasteiger partial charge in [0.1, 0.15) is 0 Å². The summed E-state index contributed by atoms with van der Waals surface area (Å²) in [5, 5.41) is 1.93. The van der Waals surface area contributed by atoms with Crippen molar-refractivity contribution in [1.82, 2.24) is 9.21 Å². The highest BCUT2D eigenvalue weighted by atomic mass is 32.2. The Balaban J connectivity index is 1.55. The highest BCUT2D eigenvalue weighted by Gasteiger charge is 2.28. The zero-order valence-corrected chi connectivity index (χ0v) is 18.7. The lowest BCUT2D eigenvalue weighted by Gasteiger charge is -2.29. The molecule has 0 unspecified atom stereocenters. The van der Waals surface area contributed by atoms with Crippen molar-refractivity contribution in [2.75, 3.05) is 26.7 Å². The van der Waals surface area contributed by atoms with Gasteiger partial charge in [0.2, 0.25) is 10.0 Å². The maximum Gasteiger partial charge on any atom is 0.338 e. The fourth-order valence-electron chi connectivity index (χ4n) is 3.18. The van der Waals surface area contributed by atoms with E-state index in [0.29, 0.717) is 25.6 Å². The molecule has 162 valence electrons. The molecule has 1 amide bonds. The van der Waals surface area contributed by atoms with E-state index in [1.807, 2.05) is 17.5 Å². The Morgan fingerprint density at radius 1 is 1.17 bits per heavy atom. The van der Waals surface area contributed by atoms with Crippen LogP contribution in [0.2, 0.25) is 0 Å². The number of hydrogen-bond donors (Lipinski definition) is 0. The second-order valence-corrected chi connectivity index (χ2v) is 10.5. The van der Waals surface area contributed by atoms with Crippen molar-refractivity contribution in [3.63, 3.8) is 0 Å². The Kier molecular flexibility index (Phi) is 7.27. The second kappa shape index (κ2) is 9.72. The number of esters is 1. The number of hydrogen-bond acceptors (Lipinski definition) is 6. The number of nitrogens with zero attached hydrogens (tertiary/aromatic N) is 2. The Bertz CT molecular complexity index is 963. The van der Waals surface area contributed by atoms with Gasteiger partial charge < -0.3 is 9.64 Å². The Morgan fingerprint density at radius 2 is 1.83 bits per heavy atom. The number of sulfonamides is 1. The number of benzene rings is 1. The largest absolute Gasteiger partial charge is 0.452 e. The van der Waals surface area contributed by atoms with Gasteiger partial charge in [-0.3, -0.25) is 4.79 Å². The van der Waals surface area contributed by atoms with Crippen LogP contribution in [0.5, 0.6) is 0 Å². The van der Waals surface area contributed by atoms with Crippen molar-refractivity contribution in [3.8, 4) is 0 Å². The molecule has 9 heteroatoms. The minimum absolute atomic E-state index is 0.153. The molecule has 2 heterocycles. The van der Waals surface area contributed by atoms with Gasteiger partial charge in [0.25, 0.3) is 5.91 Å². The van der Waals surface area contributed by atoms with Crippen LogP contribution in [0.4, 0.5) is 0 Å². The topological polar surface area (TPSA) is 84.0 Å². The molecule has 0 atom stereocenters. The van der Waals surface area contributed by atoms with Crippen LogP contribution in [-0.4, -0.2) is 56.2 Å². The van der Waals surface area contributed by atoms with Gasteiger partial charge in [-0.2, -0.15) is 4.31 Å². The number of rotatable bonds is 7. The van der Waals surface area contributed by atoms with E-state index < -0.39 is 16.0 Å². The van der Waals surface area contributed by atoms with Gasteiger partial charge in [0.05, 0.1) is 17.0 Å². The first kappa shape index (κ1) is 22.5. The molecule has 0 N–H and O–H groups in total. The number of ether oxygens (including phenoxy) is 1. The smallest absolute Gasteiger partial charge is 0.338 e. The summed E-state index contributed by atoms with van der Waals surface area (Å²) < 4.78 is 32.1. The molecule has 1 saturated heterocycles. The van der Waals surface area contributed by atoms with Crippen molar-refractivity contribution < 1.29 is 22.7 Å². The van der Waals surface area contributed by atoms with Crippen LogP contribution in [0.3, 0.4) is 0 Å². The predicted octanol–water partition coefficient (Wildman–Crippen LogP) is 2.98. The van der Waals surface area contributed by atoms with E-state index >= 15 is 0 Å². The molecule has 7 nitrogen and oxygen atoms in total. The summed E-state index contributed by atoms with van der Waals surface area (Å²) in [6.07, 6.45) is 1.69. The van der Waals surface area contributed by atoms with Gasteiger partial charge in [-0.15, -0.1) is 11.3 Å². The lowest BCUT2D eigenvalue weighted by atomic mass is 10.0. The van der Waals surface area contributed by atoms with Crippen molar-refractivity contribution in [1.29, 1.82) is 0 Å². The summed E-state index contributed by atoms with van der Waals surface area (Å²) in [5.41, 5.74) is 0.204. The van der Waals surface area contributed by atoms with Crippen LogP contribution >= 0.6 is 11.3 Å². The van der Waals surface area contributed by atoms with Crippen LogP contribution in [-0.2, 0) is 26.1 Å². The molecule has 1 aromatic heterocycles. The summed E-state index contributed by atoms with van der Waals surface area (Å²) in [6, 6.07) is 9.50. The predicted molar refractivity (Wildman–Crippen MR) is 115 cm³/mol. The van der Waals surface area contributed by atoms with E-state index in [-0.39, 0.29) is 23.0 Å². The van der Waals surface area contributed by atoms with Crippen molar-refractivity contribution in [2.24, 2.45) is 5.92 Å². The number of thiophene rings is 1. The Labute approximate surface area is 181 Å². The van der Waals surface area contributed by atoms with Gasteiger partial charge in [-0.25, -0.2) is 13.2 Å². The lowest BCUT2D eigenvalue weighted by molar-refractivity contribution is -0.133. The average Bonchev–Trinajstić information content (AvgIpc) is 3.25. The van der Waals surface area contributed by atoms with E-state index in [1.165, 1.54) is 33.5 Å². The normalized spacial score (nSPS) is 15.7. The van der Waals surface area contributed by atoms with Crippen LogP contribution in [0.25, 0.3) is 0 Å². The fourth-order valence-corrected chi connectivity index (χ4v) is 5.41. The van der Waals surface area contributed by atoms with Gasteiger partial charge >= 0.3 is 5.97 Å². The molecule has 30 heavy (non-hydrogen) atoms. The molecule has 0 aliphatic carbocycles. The van der Waals surface area contributed by atoms with E-state index in [0.717, 1.165) is 17.7 Å². The molecule has 1 fully saturated rings. The molecule has 2 aromatic rings. The maximum absolute atomic E-state index is 12.8. The van der Waals surface area contributed by atoms with Gasteiger partial charge in [-0.05, 0) is 54.5 Å². The molecule has 0 bridgehead atoms. The summed E-state index contributed by atoms with van der Waals surface area (Å²) in [5.74, 6) is -0.445. The summed E-state index contributed by atoms with van der Waals surface area (Å²) in [4.78, 5) is 27.1. The molecule has 1 aromatic carbocycles. The third kappa shape index (κ3) is 5.47. The van der Waals surface area contributed by atoms with Crippen LogP contribution in [0.1, 0.15) is 35.0 Å². The third-order valence-electron chi connectivity index (χ3n) is 5.20.